The number of nitrogens with zero attached hydrogens (tertiary/aromatic N) is 3. The average molecular weight is 498 g/mol. The number of hydrogen-bond acceptors (Lipinski definition) is 7. The van der Waals surface area contributed by atoms with Crippen LogP contribution in [0.1, 0.15) is 50.1 Å². The minimum atomic E-state index is -3.46. The average Bonchev–Trinajstić information content (AvgIpc) is 3.28. The summed E-state index contributed by atoms with van der Waals surface area (Å²) in [6.45, 7) is 6.64. The Morgan fingerprint density at radius 3 is 2.65 bits per heavy atom. The molecule has 2 N–H and O–H groups in total. The Bertz CT molecular complexity index is 1170. The van der Waals surface area contributed by atoms with Gasteiger partial charge in [0, 0.05) is 43.0 Å². The van der Waals surface area contributed by atoms with Crippen LogP contribution in [0.3, 0.4) is 0 Å². The fraction of sp³-hybridized carbons (Fsp3) is 0.545. The molecule has 34 heavy (non-hydrogen) atoms. The van der Waals surface area contributed by atoms with Crippen LogP contribution in [0, 0.1) is 11.6 Å². The van der Waals surface area contributed by atoms with Gasteiger partial charge in [-0.3, -0.25) is 4.90 Å². The van der Waals surface area contributed by atoms with Crippen LogP contribution in [0.25, 0.3) is 0 Å². The molecule has 0 aliphatic carbocycles. The molecule has 1 aromatic heterocycles. The van der Waals surface area contributed by atoms with Crippen molar-refractivity contribution in [1.29, 1.82) is 0 Å². The van der Waals surface area contributed by atoms with E-state index < -0.39 is 45.4 Å². The van der Waals surface area contributed by atoms with E-state index in [1.54, 1.807) is 20.8 Å². The number of carbonyl (C=O) groups is 1. The number of rotatable bonds is 4. The summed E-state index contributed by atoms with van der Waals surface area (Å²) >= 11 is 0. The summed E-state index contributed by atoms with van der Waals surface area (Å²) in [7, 11) is -3.46. The van der Waals surface area contributed by atoms with Crippen molar-refractivity contribution in [2.45, 2.75) is 64.0 Å². The minimum Gasteiger partial charge on any atom is -0.444 e. The van der Waals surface area contributed by atoms with E-state index in [9.17, 15) is 22.0 Å². The summed E-state index contributed by atoms with van der Waals surface area (Å²) in [5.74, 6) is -1.13. The topological polar surface area (TPSA) is 106 Å². The van der Waals surface area contributed by atoms with Crippen molar-refractivity contribution in [1.82, 2.24) is 24.7 Å². The predicted molar refractivity (Wildman–Crippen MR) is 120 cm³/mol. The van der Waals surface area contributed by atoms with Gasteiger partial charge in [0.1, 0.15) is 17.2 Å². The van der Waals surface area contributed by atoms with E-state index in [1.807, 2.05) is 0 Å². The molecule has 9 nitrogen and oxygen atoms in total. The molecular formula is C22H29F2N5O4S. The third kappa shape index (κ3) is 5.39. The number of aromatic nitrogens is 2. The molecular weight excluding hydrogens is 468 g/mol. The first-order valence-corrected chi connectivity index (χ1v) is 12.8. The fourth-order valence-electron chi connectivity index (χ4n) is 4.46. The first-order valence-electron chi connectivity index (χ1n) is 11.0. The van der Waals surface area contributed by atoms with Gasteiger partial charge in [-0.25, -0.2) is 22.0 Å². The summed E-state index contributed by atoms with van der Waals surface area (Å²) in [5.41, 5.74) is 0.919. The van der Waals surface area contributed by atoms with Gasteiger partial charge in [0.15, 0.2) is 0 Å². The second-order valence-corrected chi connectivity index (χ2v) is 11.7. The van der Waals surface area contributed by atoms with Crippen molar-refractivity contribution in [3.63, 3.8) is 0 Å². The van der Waals surface area contributed by atoms with E-state index in [-0.39, 0.29) is 11.6 Å². The van der Waals surface area contributed by atoms with Crippen molar-refractivity contribution >= 4 is 16.1 Å². The maximum Gasteiger partial charge on any atom is 0.407 e. The van der Waals surface area contributed by atoms with Crippen molar-refractivity contribution in [2.75, 3.05) is 12.8 Å². The first-order chi connectivity index (χ1) is 15.8. The van der Waals surface area contributed by atoms with Gasteiger partial charge in [0.05, 0.1) is 24.0 Å². The maximum atomic E-state index is 14.6. The molecule has 2 aromatic rings. The number of nitrogens with one attached hydrogen (secondary N) is 2. The molecule has 0 bridgehead atoms. The Morgan fingerprint density at radius 1 is 1.26 bits per heavy atom. The second-order valence-electron chi connectivity index (χ2n) is 9.84. The summed E-state index contributed by atoms with van der Waals surface area (Å²) in [4.78, 5) is 14.7. The van der Waals surface area contributed by atoms with Crippen LogP contribution in [0.5, 0.6) is 0 Å². The number of hydrogen-bond donors (Lipinski definition) is 2. The zero-order valence-corrected chi connectivity index (χ0v) is 20.3. The highest BCUT2D eigenvalue weighted by molar-refractivity contribution is 7.89. The monoisotopic (exact) mass is 497 g/mol. The third-order valence-electron chi connectivity index (χ3n) is 5.94. The van der Waals surface area contributed by atoms with Gasteiger partial charge >= 0.3 is 6.09 Å². The number of carbonyl (C=O) groups excluding carboxylic acids is 1. The Hall–Kier alpha value is -2.57. The quantitative estimate of drug-likeness (QED) is 0.668. The Labute approximate surface area is 197 Å². The molecule has 3 atom stereocenters. The molecule has 1 saturated heterocycles. The van der Waals surface area contributed by atoms with E-state index >= 15 is 0 Å². The fourth-order valence-corrected chi connectivity index (χ4v) is 5.02. The van der Waals surface area contributed by atoms with Crippen LogP contribution >= 0.6 is 0 Å². The standard InChI is InChI=1S/C22H29F2N5O4S/c1-22(2,3)33-21(30)26-18-8-15(9-25-20(18)16-7-14(23)5-6-17(16)24)28-10-13-11-29(34(4,31)32)27-19(13)12-28/h5-7,11,15,18,20,25H,8-10,12H2,1-4H3,(H,26,30). The van der Waals surface area contributed by atoms with E-state index in [0.717, 1.165) is 34.1 Å². The number of ether oxygens (including phenoxy) is 1. The molecule has 3 heterocycles. The molecule has 4 rings (SSSR count). The molecule has 1 aromatic carbocycles. The van der Waals surface area contributed by atoms with E-state index in [1.165, 1.54) is 6.20 Å². The lowest BCUT2D eigenvalue weighted by molar-refractivity contribution is 0.0445. The van der Waals surface area contributed by atoms with Crippen LogP contribution in [-0.2, 0) is 27.8 Å². The smallest absolute Gasteiger partial charge is 0.407 e. The molecule has 1 fully saturated rings. The lowest BCUT2D eigenvalue weighted by Crippen LogP contribution is -2.57. The molecule has 0 saturated carbocycles. The Balaban J connectivity index is 1.53. The van der Waals surface area contributed by atoms with E-state index in [0.29, 0.717) is 31.7 Å². The van der Waals surface area contributed by atoms with Crippen LogP contribution in [-0.4, -0.2) is 59.1 Å². The summed E-state index contributed by atoms with van der Waals surface area (Å²) in [6.07, 6.45) is 2.41. The zero-order valence-electron chi connectivity index (χ0n) is 19.5. The summed E-state index contributed by atoms with van der Waals surface area (Å²) in [6, 6.07) is 1.97. The van der Waals surface area contributed by atoms with Crippen molar-refractivity contribution < 1.29 is 26.7 Å². The molecule has 1 amide bonds. The summed E-state index contributed by atoms with van der Waals surface area (Å²) in [5, 5.41) is 10.3. The molecule has 2 aliphatic heterocycles. The Kier molecular flexibility index (Phi) is 6.42. The van der Waals surface area contributed by atoms with E-state index in [4.69, 9.17) is 4.74 Å². The van der Waals surface area contributed by atoms with E-state index in [2.05, 4.69) is 20.6 Å². The molecule has 12 heteroatoms. The summed E-state index contributed by atoms with van der Waals surface area (Å²) < 4.78 is 58.4. The van der Waals surface area contributed by atoms with Gasteiger partial charge in [-0.05, 0) is 45.4 Å². The van der Waals surface area contributed by atoms with Crippen LogP contribution in [0.15, 0.2) is 24.4 Å². The van der Waals surface area contributed by atoms with Crippen LogP contribution < -0.4 is 10.6 Å². The lowest BCUT2D eigenvalue weighted by Gasteiger charge is -2.41. The van der Waals surface area contributed by atoms with Crippen LogP contribution in [0.4, 0.5) is 13.6 Å². The first kappa shape index (κ1) is 24.6. The highest BCUT2D eigenvalue weighted by Crippen LogP contribution is 2.32. The highest BCUT2D eigenvalue weighted by Gasteiger charge is 2.39. The number of alkyl carbamates (subject to hydrolysis) is 1. The zero-order chi connectivity index (χ0) is 24.8. The number of halogens is 2. The number of fused-ring (bicyclic) bond motifs is 1. The largest absolute Gasteiger partial charge is 0.444 e. The number of piperidine rings is 1. The lowest BCUT2D eigenvalue weighted by atomic mass is 9.89. The normalized spacial score (nSPS) is 23.5. The van der Waals surface area contributed by atoms with Gasteiger partial charge in [-0.2, -0.15) is 9.19 Å². The van der Waals surface area contributed by atoms with Crippen LogP contribution in [0.2, 0.25) is 0 Å². The van der Waals surface area contributed by atoms with Gasteiger partial charge < -0.3 is 15.4 Å². The SMILES string of the molecule is CC(C)(C)OC(=O)NC1CC(N2Cc3cn(S(C)(=O)=O)nc3C2)CNC1c1cc(F)ccc1F. The Morgan fingerprint density at radius 2 is 2.00 bits per heavy atom. The van der Waals surface area contributed by atoms with Crippen molar-refractivity contribution in [3.8, 4) is 0 Å². The third-order valence-corrected chi connectivity index (χ3v) is 6.80. The minimum absolute atomic E-state index is 0.0614. The second kappa shape index (κ2) is 8.90. The molecule has 0 spiro atoms. The van der Waals surface area contributed by atoms with Crippen molar-refractivity contribution in [3.05, 3.63) is 52.9 Å². The number of amides is 1. The highest BCUT2D eigenvalue weighted by atomic mass is 32.2. The van der Waals surface area contributed by atoms with Gasteiger partial charge in [-0.1, -0.05) is 0 Å². The van der Waals surface area contributed by atoms with Gasteiger partial charge in [0.2, 0.25) is 0 Å². The molecule has 2 aliphatic rings. The number of benzene rings is 1. The van der Waals surface area contributed by atoms with Gasteiger partial charge in [0.25, 0.3) is 10.0 Å². The predicted octanol–water partition coefficient (Wildman–Crippen LogP) is 2.28. The molecule has 0 radical (unpaired) electrons. The van der Waals surface area contributed by atoms with Gasteiger partial charge in [-0.15, -0.1) is 0 Å². The van der Waals surface area contributed by atoms with Crippen molar-refractivity contribution in [2.24, 2.45) is 0 Å². The maximum absolute atomic E-state index is 14.6. The molecule has 3 unspecified atom stereocenters. The molecule has 186 valence electrons.